The molecule has 0 bridgehead atoms. The molecule has 3 aromatic rings. The van der Waals surface area contributed by atoms with Gasteiger partial charge in [0, 0.05) is 6.04 Å². The Morgan fingerprint density at radius 3 is 2.41 bits per heavy atom. The molecular weight excluding hydrogens is 334 g/mol. The van der Waals surface area contributed by atoms with Gasteiger partial charge in [-0.3, -0.25) is 4.79 Å². The smallest absolute Gasteiger partial charge is 0.261 e. The Hall–Kier alpha value is -2.81. The highest BCUT2D eigenvalue weighted by Crippen LogP contribution is 2.22. The van der Waals surface area contributed by atoms with Crippen molar-refractivity contribution in [1.29, 1.82) is 0 Å². The molecule has 0 fully saturated rings. The van der Waals surface area contributed by atoms with E-state index < -0.39 is 6.10 Å². The predicted octanol–water partition coefficient (Wildman–Crippen LogP) is 5.13. The van der Waals surface area contributed by atoms with Crippen LogP contribution in [0, 0.1) is 0 Å². The Morgan fingerprint density at radius 1 is 0.963 bits per heavy atom. The number of carbonyl (C=O) groups is 1. The number of nitrogens with one attached hydrogen (secondary N) is 1. The van der Waals surface area contributed by atoms with Gasteiger partial charge < -0.3 is 10.1 Å². The first kappa shape index (κ1) is 19.0. The molecule has 0 saturated heterocycles. The highest BCUT2D eigenvalue weighted by molar-refractivity contribution is 5.84. The van der Waals surface area contributed by atoms with E-state index in [4.69, 9.17) is 4.74 Å². The Labute approximate surface area is 161 Å². The molecule has 1 amide bonds. The van der Waals surface area contributed by atoms with E-state index in [0.717, 1.165) is 29.4 Å². The molecule has 0 aliphatic heterocycles. The first-order valence-electron chi connectivity index (χ1n) is 9.65. The summed E-state index contributed by atoms with van der Waals surface area (Å²) >= 11 is 0. The van der Waals surface area contributed by atoms with E-state index in [-0.39, 0.29) is 11.9 Å². The number of fused-ring (bicyclic) bond motifs is 1. The minimum absolute atomic E-state index is 0.0498. The predicted molar refractivity (Wildman–Crippen MR) is 111 cm³/mol. The van der Waals surface area contributed by atoms with Gasteiger partial charge in [-0.05, 0) is 54.7 Å². The standard InChI is InChI=1S/C24H27NO2/c1-3-23(27-22-16-15-20-11-7-8-12-21(20)17-22)24(26)25-18(2)13-14-19-9-5-4-6-10-19/h4-12,15-18,23H,3,13-14H2,1-2H3,(H,25,26)/t18-,23-/m0/s1. The van der Waals surface area contributed by atoms with Crippen LogP contribution in [0.4, 0.5) is 0 Å². The molecule has 0 unspecified atom stereocenters. The van der Waals surface area contributed by atoms with Gasteiger partial charge in [-0.2, -0.15) is 0 Å². The monoisotopic (exact) mass is 361 g/mol. The van der Waals surface area contributed by atoms with Gasteiger partial charge in [0.15, 0.2) is 6.10 Å². The van der Waals surface area contributed by atoms with Crippen LogP contribution in [0.2, 0.25) is 0 Å². The maximum Gasteiger partial charge on any atom is 0.261 e. The van der Waals surface area contributed by atoms with Crippen LogP contribution in [0.15, 0.2) is 72.8 Å². The minimum atomic E-state index is -0.481. The van der Waals surface area contributed by atoms with Crippen LogP contribution in [0.25, 0.3) is 10.8 Å². The molecule has 2 atom stereocenters. The van der Waals surface area contributed by atoms with E-state index in [9.17, 15) is 4.79 Å². The topological polar surface area (TPSA) is 38.3 Å². The van der Waals surface area contributed by atoms with Crippen LogP contribution < -0.4 is 10.1 Å². The van der Waals surface area contributed by atoms with Crippen molar-refractivity contribution in [3.05, 3.63) is 78.4 Å². The average molecular weight is 361 g/mol. The molecule has 0 heterocycles. The normalized spacial score (nSPS) is 13.1. The number of rotatable bonds is 8. The second-order valence-corrected chi connectivity index (χ2v) is 6.96. The average Bonchev–Trinajstić information content (AvgIpc) is 2.71. The summed E-state index contributed by atoms with van der Waals surface area (Å²) in [5.41, 5.74) is 1.29. The summed E-state index contributed by atoms with van der Waals surface area (Å²) in [6.07, 6.45) is 2.00. The van der Waals surface area contributed by atoms with Crippen molar-refractivity contribution < 1.29 is 9.53 Å². The lowest BCUT2D eigenvalue weighted by atomic mass is 10.1. The fourth-order valence-corrected chi connectivity index (χ4v) is 3.16. The van der Waals surface area contributed by atoms with Gasteiger partial charge in [-0.1, -0.05) is 67.6 Å². The summed E-state index contributed by atoms with van der Waals surface area (Å²) in [7, 11) is 0. The molecule has 0 aliphatic rings. The molecule has 3 nitrogen and oxygen atoms in total. The third-order valence-corrected chi connectivity index (χ3v) is 4.76. The SMILES string of the molecule is CC[C@H](Oc1ccc2ccccc2c1)C(=O)N[C@@H](C)CCc1ccccc1. The number of benzene rings is 3. The lowest BCUT2D eigenvalue weighted by Gasteiger charge is -2.21. The second-order valence-electron chi connectivity index (χ2n) is 6.96. The Kier molecular flexibility index (Phi) is 6.48. The summed E-state index contributed by atoms with van der Waals surface area (Å²) in [6.45, 7) is 4.02. The van der Waals surface area contributed by atoms with E-state index in [0.29, 0.717) is 6.42 Å². The van der Waals surface area contributed by atoms with Crippen LogP contribution in [0.1, 0.15) is 32.3 Å². The molecule has 3 aromatic carbocycles. The summed E-state index contributed by atoms with van der Waals surface area (Å²) in [5.74, 6) is 0.679. The Morgan fingerprint density at radius 2 is 1.67 bits per heavy atom. The summed E-state index contributed by atoms with van der Waals surface area (Å²) in [6, 6.07) is 24.5. The molecular formula is C24H27NO2. The van der Waals surface area contributed by atoms with Gasteiger partial charge in [0.05, 0.1) is 0 Å². The number of ether oxygens (including phenoxy) is 1. The molecule has 0 spiro atoms. The van der Waals surface area contributed by atoms with E-state index in [1.807, 2.05) is 62.4 Å². The van der Waals surface area contributed by atoms with E-state index >= 15 is 0 Å². The maximum absolute atomic E-state index is 12.6. The fourth-order valence-electron chi connectivity index (χ4n) is 3.16. The van der Waals surface area contributed by atoms with Crippen molar-refractivity contribution in [1.82, 2.24) is 5.32 Å². The first-order valence-corrected chi connectivity index (χ1v) is 9.65. The van der Waals surface area contributed by atoms with Crippen LogP contribution in [-0.2, 0) is 11.2 Å². The number of aryl methyl sites for hydroxylation is 1. The van der Waals surface area contributed by atoms with Gasteiger partial charge in [0.1, 0.15) is 5.75 Å². The molecule has 1 N–H and O–H groups in total. The minimum Gasteiger partial charge on any atom is -0.481 e. The van der Waals surface area contributed by atoms with E-state index in [2.05, 4.69) is 29.6 Å². The van der Waals surface area contributed by atoms with Gasteiger partial charge in [0.2, 0.25) is 0 Å². The van der Waals surface area contributed by atoms with Crippen molar-refractivity contribution >= 4 is 16.7 Å². The van der Waals surface area contributed by atoms with Gasteiger partial charge in [-0.25, -0.2) is 0 Å². The third-order valence-electron chi connectivity index (χ3n) is 4.76. The number of hydrogen-bond acceptors (Lipinski definition) is 2. The molecule has 3 heteroatoms. The van der Waals surface area contributed by atoms with E-state index in [1.54, 1.807) is 0 Å². The largest absolute Gasteiger partial charge is 0.481 e. The molecule has 3 rings (SSSR count). The highest BCUT2D eigenvalue weighted by Gasteiger charge is 2.20. The van der Waals surface area contributed by atoms with Crippen LogP contribution >= 0.6 is 0 Å². The van der Waals surface area contributed by atoms with Crippen LogP contribution in [-0.4, -0.2) is 18.1 Å². The number of amides is 1. The lowest BCUT2D eigenvalue weighted by molar-refractivity contribution is -0.128. The van der Waals surface area contributed by atoms with Gasteiger partial charge in [0.25, 0.3) is 5.91 Å². The van der Waals surface area contributed by atoms with Gasteiger partial charge in [-0.15, -0.1) is 0 Å². The third kappa shape index (κ3) is 5.33. The van der Waals surface area contributed by atoms with Crippen LogP contribution in [0.3, 0.4) is 0 Å². The highest BCUT2D eigenvalue weighted by atomic mass is 16.5. The molecule has 27 heavy (non-hydrogen) atoms. The zero-order valence-electron chi connectivity index (χ0n) is 16.0. The zero-order valence-corrected chi connectivity index (χ0v) is 16.0. The first-order chi connectivity index (χ1) is 13.2. The number of hydrogen-bond donors (Lipinski definition) is 1. The van der Waals surface area contributed by atoms with Crippen molar-refractivity contribution in [3.8, 4) is 5.75 Å². The summed E-state index contributed by atoms with van der Waals surface area (Å²) < 4.78 is 5.99. The van der Waals surface area contributed by atoms with Crippen LogP contribution in [0.5, 0.6) is 5.75 Å². The molecule has 0 radical (unpaired) electrons. The molecule has 140 valence electrons. The maximum atomic E-state index is 12.6. The Bertz CT molecular complexity index is 876. The lowest BCUT2D eigenvalue weighted by Crippen LogP contribution is -2.42. The Balaban J connectivity index is 1.56. The van der Waals surface area contributed by atoms with Crippen molar-refractivity contribution in [3.63, 3.8) is 0 Å². The molecule has 0 saturated carbocycles. The second kappa shape index (κ2) is 9.22. The summed E-state index contributed by atoms with van der Waals surface area (Å²) in [4.78, 5) is 12.6. The van der Waals surface area contributed by atoms with Crippen molar-refractivity contribution in [2.45, 2.75) is 45.3 Å². The molecule has 0 aromatic heterocycles. The zero-order chi connectivity index (χ0) is 19.1. The number of carbonyl (C=O) groups excluding carboxylic acids is 1. The van der Waals surface area contributed by atoms with Crippen molar-refractivity contribution in [2.75, 3.05) is 0 Å². The van der Waals surface area contributed by atoms with Crippen molar-refractivity contribution in [2.24, 2.45) is 0 Å². The van der Waals surface area contributed by atoms with E-state index in [1.165, 1.54) is 5.56 Å². The molecule has 0 aliphatic carbocycles. The summed E-state index contributed by atoms with van der Waals surface area (Å²) in [5, 5.41) is 5.37. The van der Waals surface area contributed by atoms with Gasteiger partial charge >= 0.3 is 0 Å². The quantitative estimate of drug-likeness (QED) is 0.604. The fraction of sp³-hybridized carbons (Fsp3) is 0.292.